The molecule has 3 nitrogen and oxygen atoms in total. The molecule has 0 aliphatic carbocycles. The van der Waals surface area contributed by atoms with E-state index >= 15 is 0 Å². The fourth-order valence-electron chi connectivity index (χ4n) is 2.33. The molecule has 0 aliphatic heterocycles. The molecular formula is C20H22N2O. The topological polar surface area (TPSA) is 37.2 Å². The van der Waals surface area contributed by atoms with Gasteiger partial charge in [-0.3, -0.25) is 0 Å². The molecule has 3 heteroatoms. The van der Waals surface area contributed by atoms with Crippen molar-refractivity contribution in [2.45, 2.75) is 26.9 Å². The smallest absolute Gasteiger partial charge is 0.123 e. The number of benzene rings is 2. The van der Waals surface area contributed by atoms with Gasteiger partial charge in [0.05, 0.1) is 13.1 Å². The summed E-state index contributed by atoms with van der Waals surface area (Å²) in [7, 11) is 0. The van der Waals surface area contributed by atoms with Gasteiger partial charge in [0.2, 0.25) is 0 Å². The van der Waals surface area contributed by atoms with Crippen LogP contribution in [0.1, 0.15) is 22.6 Å². The number of rotatable bonds is 6. The van der Waals surface area contributed by atoms with Crippen molar-refractivity contribution < 1.29 is 4.42 Å². The van der Waals surface area contributed by atoms with Crippen molar-refractivity contribution in [2.24, 2.45) is 0 Å². The van der Waals surface area contributed by atoms with Crippen LogP contribution in [-0.4, -0.2) is 0 Å². The minimum Gasteiger partial charge on any atom is -0.462 e. The molecule has 3 aromatic rings. The van der Waals surface area contributed by atoms with Crippen LogP contribution in [-0.2, 0) is 13.1 Å². The van der Waals surface area contributed by atoms with Crippen molar-refractivity contribution in [3.8, 4) is 0 Å². The van der Waals surface area contributed by atoms with Crippen LogP contribution >= 0.6 is 0 Å². The van der Waals surface area contributed by atoms with Crippen LogP contribution in [0.2, 0.25) is 0 Å². The molecule has 0 spiro atoms. The van der Waals surface area contributed by atoms with Gasteiger partial charge in [0, 0.05) is 11.4 Å². The van der Waals surface area contributed by atoms with Gasteiger partial charge in [-0.1, -0.05) is 35.4 Å². The first-order chi connectivity index (χ1) is 11.2. The lowest BCUT2D eigenvalue weighted by Gasteiger charge is -2.06. The predicted molar refractivity (Wildman–Crippen MR) is 95.7 cm³/mol. The van der Waals surface area contributed by atoms with Crippen LogP contribution < -0.4 is 10.6 Å². The molecule has 0 fully saturated rings. The average Bonchev–Trinajstić information content (AvgIpc) is 3.02. The Bertz CT molecular complexity index is 678. The summed E-state index contributed by atoms with van der Waals surface area (Å²) in [5.74, 6) is 1.87. The van der Waals surface area contributed by atoms with E-state index in [4.69, 9.17) is 4.42 Å². The van der Waals surface area contributed by atoms with E-state index in [0.29, 0.717) is 13.1 Å². The zero-order chi connectivity index (χ0) is 16.1. The summed E-state index contributed by atoms with van der Waals surface area (Å²) in [6.07, 6.45) is 0. The molecule has 0 atom stereocenters. The van der Waals surface area contributed by atoms with Gasteiger partial charge in [-0.05, 0) is 50.2 Å². The largest absolute Gasteiger partial charge is 0.462 e. The summed E-state index contributed by atoms with van der Waals surface area (Å²) in [6.45, 7) is 5.55. The zero-order valence-corrected chi connectivity index (χ0v) is 13.6. The molecule has 1 aromatic heterocycles. The molecule has 0 aliphatic rings. The number of aryl methyl sites for hydroxylation is 2. The summed E-state index contributed by atoms with van der Waals surface area (Å²) in [6, 6.07) is 20.8. The molecule has 0 saturated heterocycles. The van der Waals surface area contributed by atoms with Gasteiger partial charge in [0.1, 0.15) is 11.5 Å². The first kappa shape index (κ1) is 15.2. The maximum absolute atomic E-state index is 5.85. The SMILES string of the molecule is Cc1ccc(NCc2ccc(CNc3ccc(C)cc3)o2)cc1. The van der Waals surface area contributed by atoms with Crippen LogP contribution in [0.4, 0.5) is 11.4 Å². The number of anilines is 2. The Hall–Kier alpha value is -2.68. The number of nitrogens with one attached hydrogen (secondary N) is 2. The van der Waals surface area contributed by atoms with E-state index in [0.717, 1.165) is 22.9 Å². The summed E-state index contributed by atoms with van der Waals surface area (Å²) < 4.78 is 5.85. The van der Waals surface area contributed by atoms with Crippen molar-refractivity contribution in [1.29, 1.82) is 0 Å². The minimum absolute atomic E-state index is 0.688. The molecule has 0 amide bonds. The van der Waals surface area contributed by atoms with Crippen molar-refractivity contribution in [2.75, 3.05) is 10.6 Å². The minimum atomic E-state index is 0.688. The first-order valence-electron chi connectivity index (χ1n) is 7.88. The Morgan fingerprint density at radius 3 is 1.39 bits per heavy atom. The molecule has 0 radical (unpaired) electrons. The second-order valence-electron chi connectivity index (χ2n) is 5.81. The molecule has 0 saturated carbocycles. The maximum Gasteiger partial charge on any atom is 0.123 e. The number of hydrogen-bond donors (Lipinski definition) is 2. The normalized spacial score (nSPS) is 10.5. The number of hydrogen-bond acceptors (Lipinski definition) is 3. The molecule has 2 aromatic carbocycles. The third kappa shape index (κ3) is 4.39. The van der Waals surface area contributed by atoms with Gasteiger partial charge in [-0.15, -0.1) is 0 Å². The first-order valence-corrected chi connectivity index (χ1v) is 7.88. The summed E-state index contributed by atoms with van der Waals surface area (Å²) in [4.78, 5) is 0. The highest BCUT2D eigenvalue weighted by molar-refractivity contribution is 5.45. The summed E-state index contributed by atoms with van der Waals surface area (Å²) >= 11 is 0. The Morgan fingerprint density at radius 1 is 0.609 bits per heavy atom. The molecule has 3 rings (SSSR count). The predicted octanol–water partition coefficient (Wildman–Crippen LogP) is 5.12. The lowest BCUT2D eigenvalue weighted by Crippen LogP contribution is -1.99. The maximum atomic E-state index is 5.85. The fraction of sp³-hybridized carbons (Fsp3) is 0.200. The Kier molecular flexibility index (Phi) is 4.67. The second-order valence-corrected chi connectivity index (χ2v) is 5.81. The van der Waals surface area contributed by atoms with Crippen LogP contribution in [0, 0.1) is 13.8 Å². The molecule has 0 unspecified atom stereocenters. The number of furan rings is 1. The lowest BCUT2D eigenvalue weighted by molar-refractivity contribution is 0.477. The highest BCUT2D eigenvalue weighted by Gasteiger charge is 2.02. The molecule has 2 N–H and O–H groups in total. The molecule has 1 heterocycles. The Morgan fingerprint density at radius 2 is 1.00 bits per heavy atom. The van der Waals surface area contributed by atoms with Gasteiger partial charge in [-0.2, -0.15) is 0 Å². The van der Waals surface area contributed by atoms with Crippen LogP contribution in [0.25, 0.3) is 0 Å². The van der Waals surface area contributed by atoms with Crippen molar-refractivity contribution >= 4 is 11.4 Å². The van der Waals surface area contributed by atoms with E-state index in [1.807, 2.05) is 12.1 Å². The van der Waals surface area contributed by atoms with E-state index in [1.165, 1.54) is 11.1 Å². The third-order valence-corrected chi connectivity index (χ3v) is 3.75. The van der Waals surface area contributed by atoms with Gasteiger partial charge < -0.3 is 15.1 Å². The fourth-order valence-corrected chi connectivity index (χ4v) is 2.33. The van der Waals surface area contributed by atoms with E-state index in [2.05, 4.69) is 73.0 Å². The van der Waals surface area contributed by atoms with E-state index < -0.39 is 0 Å². The molecule has 23 heavy (non-hydrogen) atoms. The van der Waals surface area contributed by atoms with Gasteiger partial charge >= 0.3 is 0 Å². The highest BCUT2D eigenvalue weighted by Crippen LogP contribution is 2.15. The third-order valence-electron chi connectivity index (χ3n) is 3.75. The van der Waals surface area contributed by atoms with Gasteiger partial charge in [0.15, 0.2) is 0 Å². The van der Waals surface area contributed by atoms with Crippen LogP contribution in [0.15, 0.2) is 65.1 Å². The standard InChI is InChI=1S/C20H22N2O/c1-15-3-7-17(8-4-15)21-13-19-11-12-20(23-19)14-22-18-9-5-16(2)6-10-18/h3-12,21-22H,13-14H2,1-2H3. The van der Waals surface area contributed by atoms with Crippen molar-refractivity contribution in [3.63, 3.8) is 0 Å². The molecule has 118 valence electrons. The van der Waals surface area contributed by atoms with Crippen LogP contribution in [0.3, 0.4) is 0 Å². The summed E-state index contributed by atoms with van der Waals surface area (Å²) in [5, 5.41) is 6.73. The Labute approximate surface area is 137 Å². The lowest BCUT2D eigenvalue weighted by atomic mass is 10.2. The van der Waals surface area contributed by atoms with Gasteiger partial charge in [-0.25, -0.2) is 0 Å². The quantitative estimate of drug-likeness (QED) is 0.663. The monoisotopic (exact) mass is 306 g/mol. The van der Waals surface area contributed by atoms with Crippen molar-refractivity contribution in [1.82, 2.24) is 0 Å². The molecule has 0 bridgehead atoms. The van der Waals surface area contributed by atoms with Gasteiger partial charge in [0.25, 0.3) is 0 Å². The summed E-state index contributed by atoms with van der Waals surface area (Å²) in [5.41, 5.74) is 4.73. The van der Waals surface area contributed by atoms with E-state index in [9.17, 15) is 0 Å². The van der Waals surface area contributed by atoms with Crippen LogP contribution in [0.5, 0.6) is 0 Å². The second kappa shape index (κ2) is 7.05. The zero-order valence-electron chi connectivity index (χ0n) is 13.6. The van der Waals surface area contributed by atoms with Crippen molar-refractivity contribution in [3.05, 3.63) is 83.3 Å². The van der Waals surface area contributed by atoms with E-state index in [-0.39, 0.29) is 0 Å². The average molecular weight is 306 g/mol. The molecular weight excluding hydrogens is 284 g/mol. The Balaban J connectivity index is 1.51. The van der Waals surface area contributed by atoms with E-state index in [1.54, 1.807) is 0 Å². The highest BCUT2D eigenvalue weighted by atomic mass is 16.3.